The Bertz CT molecular complexity index is 884. The maximum Gasteiger partial charge on any atom is 0.408 e. The van der Waals surface area contributed by atoms with Gasteiger partial charge in [0, 0.05) is 11.8 Å². The summed E-state index contributed by atoms with van der Waals surface area (Å²) < 4.78 is 11.4. The summed E-state index contributed by atoms with van der Waals surface area (Å²) in [5.74, 6) is 0.857. The summed E-state index contributed by atoms with van der Waals surface area (Å²) in [5, 5.41) is 3.56. The highest BCUT2D eigenvalue weighted by molar-refractivity contribution is 6.32. The molecular formula is C22H29Cl2N3O3. The Morgan fingerprint density at radius 1 is 1.17 bits per heavy atom. The third-order valence-corrected chi connectivity index (χ3v) is 4.54. The number of amides is 1. The molecule has 1 aromatic carbocycles. The Labute approximate surface area is 188 Å². The topological polar surface area (TPSA) is 73.3 Å². The van der Waals surface area contributed by atoms with Crippen molar-refractivity contribution in [2.75, 3.05) is 6.61 Å². The molecule has 164 valence electrons. The molecule has 1 unspecified atom stereocenters. The Hall–Kier alpha value is -2.05. The van der Waals surface area contributed by atoms with Gasteiger partial charge in [0.05, 0.1) is 16.3 Å². The maximum absolute atomic E-state index is 12.3. The molecule has 0 spiro atoms. The summed E-state index contributed by atoms with van der Waals surface area (Å²) in [7, 11) is 0. The molecule has 30 heavy (non-hydrogen) atoms. The molecule has 0 aliphatic rings. The minimum Gasteiger partial charge on any atom is -0.490 e. The van der Waals surface area contributed by atoms with E-state index in [1.165, 1.54) is 0 Å². The average Bonchev–Trinajstić information content (AvgIpc) is 2.58. The number of rotatable bonds is 7. The van der Waals surface area contributed by atoms with E-state index in [1.54, 1.807) is 24.4 Å². The van der Waals surface area contributed by atoms with E-state index in [0.717, 1.165) is 5.56 Å². The number of hydrogen-bond donors (Lipinski definition) is 1. The van der Waals surface area contributed by atoms with Gasteiger partial charge < -0.3 is 14.8 Å². The molecule has 2 rings (SSSR count). The van der Waals surface area contributed by atoms with Crippen molar-refractivity contribution in [2.45, 2.75) is 59.1 Å². The molecule has 0 bridgehead atoms. The smallest absolute Gasteiger partial charge is 0.408 e. The van der Waals surface area contributed by atoms with Gasteiger partial charge in [0.2, 0.25) is 5.28 Å². The molecule has 6 nitrogen and oxygen atoms in total. The van der Waals surface area contributed by atoms with Crippen LogP contribution in [0.1, 0.15) is 48.0 Å². The van der Waals surface area contributed by atoms with Crippen LogP contribution in [0.5, 0.6) is 5.75 Å². The van der Waals surface area contributed by atoms with Gasteiger partial charge in [-0.2, -0.15) is 0 Å². The van der Waals surface area contributed by atoms with Gasteiger partial charge >= 0.3 is 6.09 Å². The lowest BCUT2D eigenvalue weighted by atomic mass is 9.91. The second kappa shape index (κ2) is 9.84. The Morgan fingerprint density at radius 2 is 1.87 bits per heavy atom. The largest absolute Gasteiger partial charge is 0.490 e. The molecule has 1 atom stereocenters. The van der Waals surface area contributed by atoms with Crippen LogP contribution < -0.4 is 10.1 Å². The summed E-state index contributed by atoms with van der Waals surface area (Å²) in [6.07, 6.45) is 1.82. The van der Waals surface area contributed by atoms with Gasteiger partial charge in [0.1, 0.15) is 18.0 Å². The molecular weight excluding hydrogens is 425 g/mol. The zero-order chi connectivity index (χ0) is 22.5. The molecule has 0 radical (unpaired) electrons. The number of nitrogens with zero attached hydrogens (tertiary/aromatic N) is 2. The number of aromatic nitrogens is 2. The monoisotopic (exact) mass is 453 g/mol. The molecule has 1 aromatic heterocycles. The number of alkyl carbamates (subject to hydrolysis) is 1. The highest BCUT2D eigenvalue weighted by atomic mass is 35.5. The number of benzene rings is 1. The molecule has 0 aliphatic heterocycles. The molecule has 0 fully saturated rings. The summed E-state index contributed by atoms with van der Waals surface area (Å²) in [5.41, 5.74) is 0.263. The van der Waals surface area contributed by atoms with Gasteiger partial charge in [0.25, 0.3) is 0 Å². The van der Waals surface area contributed by atoms with Crippen molar-refractivity contribution in [1.29, 1.82) is 0 Å². The molecule has 1 N–H and O–H groups in total. The van der Waals surface area contributed by atoms with E-state index >= 15 is 0 Å². The van der Waals surface area contributed by atoms with Crippen molar-refractivity contribution < 1.29 is 14.3 Å². The van der Waals surface area contributed by atoms with E-state index in [2.05, 4.69) is 29.1 Å². The van der Waals surface area contributed by atoms with E-state index < -0.39 is 17.2 Å². The van der Waals surface area contributed by atoms with Gasteiger partial charge in [-0.3, -0.25) is 0 Å². The lowest BCUT2D eigenvalue weighted by Gasteiger charge is -2.33. The minimum absolute atomic E-state index is 0.168. The van der Waals surface area contributed by atoms with Crippen LogP contribution in [0.15, 0.2) is 30.5 Å². The second-order valence-electron chi connectivity index (χ2n) is 8.93. The highest BCUT2D eigenvalue weighted by Gasteiger charge is 2.31. The van der Waals surface area contributed by atoms with Gasteiger partial charge in [-0.25, -0.2) is 14.8 Å². The van der Waals surface area contributed by atoms with E-state index in [9.17, 15) is 4.79 Å². The van der Waals surface area contributed by atoms with Crippen LogP contribution >= 0.6 is 23.2 Å². The summed E-state index contributed by atoms with van der Waals surface area (Å²) in [6.45, 7) is 11.8. The first-order valence-electron chi connectivity index (χ1n) is 9.79. The van der Waals surface area contributed by atoms with Crippen LogP contribution in [-0.4, -0.2) is 33.8 Å². The number of hydrogen-bond acceptors (Lipinski definition) is 5. The lowest BCUT2D eigenvalue weighted by Crippen LogP contribution is -2.52. The predicted molar refractivity (Wildman–Crippen MR) is 120 cm³/mol. The first-order chi connectivity index (χ1) is 13.9. The van der Waals surface area contributed by atoms with Crippen molar-refractivity contribution in [3.8, 4) is 17.0 Å². The van der Waals surface area contributed by atoms with Crippen LogP contribution in [0.3, 0.4) is 0 Å². The normalized spacial score (nSPS) is 13.6. The molecule has 0 saturated heterocycles. The van der Waals surface area contributed by atoms with Gasteiger partial charge in [-0.1, -0.05) is 25.4 Å². The number of nitrogens with one attached hydrogen (secondary N) is 1. The fraction of sp³-hybridized carbons (Fsp3) is 0.500. The molecule has 0 aliphatic carbocycles. The number of halogens is 2. The zero-order valence-corrected chi connectivity index (χ0v) is 19.8. The average molecular weight is 454 g/mol. The summed E-state index contributed by atoms with van der Waals surface area (Å²) >= 11 is 12.3. The first kappa shape index (κ1) is 24.2. The van der Waals surface area contributed by atoms with E-state index in [1.807, 2.05) is 33.8 Å². The van der Waals surface area contributed by atoms with Gasteiger partial charge in [-0.15, -0.1) is 0 Å². The van der Waals surface area contributed by atoms with E-state index in [0.29, 0.717) is 28.8 Å². The second-order valence-corrected chi connectivity index (χ2v) is 9.68. The van der Waals surface area contributed by atoms with Crippen LogP contribution in [0, 0.1) is 5.92 Å². The fourth-order valence-corrected chi connectivity index (χ4v) is 3.49. The first-order valence-corrected chi connectivity index (χ1v) is 10.5. The van der Waals surface area contributed by atoms with Crippen molar-refractivity contribution in [3.63, 3.8) is 0 Å². The molecule has 8 heteroatoms. The lowest BCUT2D eigenvalue weighted by molar-refractivity contribution is 0.0408. The molecule has 1 heterocycles. The number of carbonyl (C=O) groups is 1. The maximum atomic E-state index is 12.3. The minimum atomic E-state index is -0.626. The van der Waals surface area contributed by atoms with Crippen molar-refractivity contribution >= 4 is 29.3 Å². The fourth-order valence-electron chi connectivity index (χ4n) is 3.11. The van der Waals surface area contributed by atoms with Crippen LogP contribution in [0.4, 0.5) is 4.79 Å². The SMILES string of the molecule is CC(C)CC(C)(COc1ccc(-c2ccnc(Cl)n2)cc1Cl)NC(=O)OC(C)(C)C. The third-order valence-electron chi connectivity index (χ3n) is 4.06. The van der Waals surface area contributed by atoms with Crippen LogP contribution in [0.25, 0.3) is 11.3 Å². The molecule has 2 aromatic rings. The van der Waals surface area contributed by atoms with Gasteiger partial charge in [-0.05, 0) is 75.9 Å². The molecule has 1 amide bonds. The van der Waals surface area contributed by atoms with E-state index in [4.69, 9.17) is 32.7 Å². The third kappa shape index (κ3) is 7.65. The number of carbonyl (C=O) groups excluding carboxylic acids is 1. The predicted octanol–water partition coefficient (Wildman–Crippen LogP) is 6.16. The highest BCUT2D eigenvalue weighted by Crippen LogP contribution is 2.31. The van der Waals surface area contributed by atoms with E-state index in [-0.39, 0.29) is 11.9 Å². The van der Waals surface area contributed by atoms with Crippen molar-refractivity contribution in [1.82, 2.24) is 15.3 Å². The van der Waals surface area contributed by atoms with Crippen LogP contribution in [-0.2, 0) is 4.74 Å². The van der Waals surface area contributed by atoms with Gasteiger partial charge in [0.15, 0.2) is 0 Å². The summed E-state index contributed by atoms with van der Waals surface area (Å²) in [6, 6.07) is 7.14. The summed E-state index contributed by atoms with van der Waals surface area (Å²) in [4.78, 5) is 20.4. The zero-order valence-electron chi connectivity index (χ0n) is 18.3. The Morgan fingerprint density at radius 3 is 2.43 bits per heavy atom. The van der Waals surface area contributed by atoms with Crippen molar-refractivity contribution in [2.24, 2.45) is 5.92 Å². The van der Waals surface area contributed by atoms with Crippen LogP contribution in [0.2, 0.25) is 10.3 Å². The Kier molecular flexibility index (Phi) is 7.94. The molecule has 0 saturated carbocycles. The van der Waals surface area contributed by atoms with Crippen molar-refractivity contribution in [3.05, 3.63) is 40.8 Å². The Balaban J connectivity index is 2.13. The number of ether oxygens (including phenoxy) is 2. The standard InChI is InChI=1S/C22H29Cl2N3O3/c1-14(2)12-22(6,27-20(28)30-21(3,4)5)13-29-18-8-7-15(11-16(18)23)17-9-10-25-19(24)26-17/h7-11,14H,12-13H2,1-6H3,(H,27,28). The quantitative estimate of drug-likeness (QED) is 0.508.